The molecule has 0 aliphatic carbocycles. The normalized spacial score (nSPS) is 34.6. The third kappa shape index (κ3) is 6.33. The Labute approximate surface area is 256 Å². The maximum atomic E-state index is 11.6. The van der Waals surface area contributed by atoms with Crippen molar-refractivity contribution in [2.75, 3.05) is 27.4 Å². The summed E-state index contributed by atoms with van der Waals surface area (Å²) in [5.74, 6) is -0.842. The molecule has 11 atom stereocenters. The number of methoxy groups -OCH3 is 2. The Morgan fingerprint density at radius 1 is 0.822 bits per heavy atom. The Bertz CT molecular complexity index is 1350. The lowest BCUT2D eigenvalue weighted by atomic mass is 9.89. The van der Waals surface area contributed by atoms with Crippen LogP contribution in [0.5, 0.6) is 28.7 Å². The van der Waals surface area contributed by atoms with Crippen molar-refractivity contribution < 1.29 is 78.8 Å². The predicted molar refractivity (Wildman–Crippen MR) is 147 cm³/mol. The van der Waals surface area contributed by atoms with Gasteiger partial charge in [0, 0.05) is 17.5 Å². The Morgan fingerprint density at radius 2 is 1.51 bits per heavy atom. The molecule has 45 heavy (non-hydrogen) atoms. The van der Waals surface area contributed by atoms with Crippen LogP contribution < -0.4 is 23.7 Å². The number of benzene rings is 2. The van der Waals surface area contributed by atoms with Crippen molar-refractivity contribution in [1.82, 2.24) is 0 Å². The van der Waals surface area contributed by atoms with Gasteiger partial charge in [-0.25, -0.2) is 4.79 Å². The highest BCUT2D eigenvalue weighted by atomic mass is 16.7. The van der Waals surface area contributed by atoms with Crippen molar-refractivity contribution in [2.45, 2.75) is 73.8 Å². The maximum Gasteiger partial charge on any atom is 0.335 e. The fourth-order valence-electron chi connectivity index (χ4n) is 5.55. The van der Waals surface area contributed by atoms with E-state index in [2.05, 4.69) is 0 Å². The van der Waals surface area contributed by atoms with Gasteiger partial charge in [-0.05, 0) is 24.1 Å². The van der Waals surface area contributed by atoms with E-state index in [9.17, 15) is 45.6 Å². The average Bonchev–Trinajstić information content (AvgIpc) is 3.04. The van der Waals surface area contributed by atoms with Crippen LogP contribution >= 0.6 is 0 Å². The minimum atomic E-state index is -1.89. The number of carboxylic acids is 1. The monoisotopic (exact) mass is 640 g/mol. The molecule has 2 saturated heterocycles. The topological polar surface area (TPSA) is 244 Å². The Hall–Kier alpha value is -3.45. The largest absolute Gasteiger partial charge is 0.493 e. The molecule has 2 aromatic rings. The molecule has 0 unspecified atom stereocenters. The first-order valence-electron chi connectivity index (χ1n) is 14.1. The zero-order chi connectivity index (χ0) is 32.6. The summed E-state index contributed by atoms with van der Waals surface area (Å²) in [4.78, 5) is 11.6. The van der Waals surface area contributed by atoms with Crippen LogP contribution in [0.2, 0.25) is 0 Å². The van der Waals surface area contributed by atoms with Gasteiger partial charge in [0.25, 0.3) is 0 Å². The summed E-state index contributed by atoms with van der Waals surface area (Å²) in [6.45, 7) is -0.434. The summed E-state index contributed by atoms with van der Waals surface area (Å²) in [5, 5.41) is 79.9. The highest BCUT2D eigenvalue weighted by Crippen LogP contribution is 2.46. The van der Waals surface area contributed by atoms with Gasteiger partial charge in [0.05, 0.1) is 27.4 Å². The lowest BCUT2D eigenvalue weighted by Crippen LogP contribution is -2.61. The van der Waals surface area contributed by atoms with Crippen LogP contribution in [0, 0.1) is 0 Å². The molecule has 0 bridgehead atoms. The van der Waals surface area contributed by atoms with E-state index < -0.39 is 74.0 Å². The number of ether oxygens (including phenoxy) is 7. The van der Waals surface area contributed by atoms with Crippen LogP contribution in [0.3, 0.4) is 0 Å². The van der Waals surface area contributed by atoms with Crippen molar-refractivity contribution in [2.24, 2.45) is 0 Å². The van der Waals surface area contributed by atoms with E-state index >= 15 is 0 Å². The van der Waals surface area contributed by atoms with E-state index in [4.69, 9.17) is 33.2 Å². The first-order chi connectivity index (χ1) is 21.5. The van der Waals surface area contributed by atoms with Crippen LogP contribution in [0.1, 0.15) is 17.0 Å². The predicted octanol–water partition coefficient (Wildman–Crippen LogP) is -2.13. The van der Waals surface area contributed by atoms with Crippen LogP contribution in [-0.2, 0) is 20.7 Å². The number of aliphatic carboxylic acids is 1. The van der Waals surface area contributed by atoms with Crippen molar-refractivity contribution in [3.8, 4) is 28.7 Å². The van der Waals surface area contributed by atoms with Crippen molar-refractivity contribution in [3.05, 3.63) is 41.5 Å². The van der Waals surface area contributed by atoms with Gasteiger partial charge < -0.3 is 74.0 Å². The van der Waals surface area contributed by atoms with Gasteiger partial charge >= 0.3 is 5.97 Å². The first-order valence-corrected chi connectivity index (χ1v) is 14.1. The van der Waals surface area contributed by atoms with Crippen molar-refractivity contribution >= 4 is 5.97 Å². The number of hydrogen-bond donors (Lipinski definition) is 8. The Morgan fingerprint density at radius 3 is 2.16 bits per heavy atom. The second-order valence-electron chi connectivity index (χ2n) is 10.9. The third-order valence-corrected chi connectivity index (χ3v) is 8.06. The molecule has 248 valence electrons. The molecule has 0 spiro atoms. The molecule has 5 rings (SSSR count). The van der Waals surface area contributed by atoms with E-state index in [1.807, 2.05) is 0 Å². The van der Waals surface area contributed by atoms with E-state index in [0.29, 0.717) is 17.7 Å². The smallest absolute Gasteiger partial charge is 0.335 e. The molecule has 2 fully saturated rings. The number of carbonyl (C=O) groups is 1. The minimum absolute atomic E-state index is 0.0386. The van der Waals surface area contributed by atoms with Crippen LogP contribution in [0.15, 0.2) is 30.3 Å². The molecule has 3 heterocycles. The van der Waals surface area contributed by atoms with Gasteiger partial charge in [0.2, 0.25) is 18.3 Å². The van der Waals surface area contributed by atoms with Gasteiger partial charge in [-0.2, -0.15) is 0 Å². The number of rotatable bonds is 9. The summed E-state index contributed by atoms with van der Waals surface area (Å²) < 4.78 is 39.3. The molecule has 0 amide bonds. The van der Waals surface area contributed by atoms with E-state index in [1.165, 1.54) is 14.2 Å². The number of carboxylic acid groups (broad SMARTS) is 1. The quantitative estimate of drug-likeness (QED) is 0.146. The van der Waals surface area contributed by atoms with Gasteiger partial charge in [0.15, 0.2) is 17.6 Å². The number of hydrogen-bond acceptors (Lipinski definition) is 15. The molecule has 0 aromatic heterocycles. The summed E-state index contributed by atoms with van der Waals surface area (Å²) >= 11 is 0. The average molecular weight is 641 g/mol. The molecule has 16 nitrogen and oxygen atoms in total. The molecule has 2 aromatic carbocycles. The molecular weight excluding hydrogens is 604 g/mol. The Balaban J connectivity index is 1.35. The SMILES string of the molecule is COc1ccc([C@H]2COc3cc(O[C@@H]4O[C@H](CO)[C@@H](O)[C@H](O)[C@H]4O)ccc3C2)c(OC)c1O[C@@H]1O[C@H](C(=O)O)[C@@H](O)[C@H](O)[C@H]1O. The fraction of sp³-hybridized carbons (Fsp3) is 0.552. The van der Waals surface area contributed by atoms with E-state index in [0.717, 1.165) is 5.56 Å². The highest BCUT2D eigenvalue weighted by molar-refractivity contribution is 5.73. The zero-order valence-corrected chi connectivity index (χ0v) is 24.2. The number of aliphatic hydroxyl groups is 7. The van der Waals surface area contributed by atoms with Gasteiger partial charge in [-0.1, -0.05) is 12.1 Å². The molecule has 0 radical (unpaired) electrons. The standard InChI is InChI=1S/C29H36O16/c1-39-15-6-5-14(24(40-2)25(15)44-29-23(36)20(33)21(34)26(45-29)27(37)38)12-7-11-3-4-13(8-16(11)41-10-12)42-28-22(35)19(32)18(31)17(9-30)43-28/h3-6,8,12,17-23,26,28-36H,7,9-10H2,1-2H3,(H,37,38)/t12-,17-,18-,19+,20+,21+,22-,23-,26+,28-,29-/m1/s1. The van der Waals surface area contributed by atoms with E-state index in [-0.39, 0.29) is 35.5 Å². The Kier molecular flexibility index (Phi) is 9.88. The zero-order valence-electron chi connectivity index (χ0n) is 24.2. The summed E-state index contributed by atoms with van der Waals surface area (Å²) in [5.41, 5.74) is 1.39. The molecule has 3 aliphatic rings. The lowest BCUT2D eigenvalue weighted by molar-refractivity contribution is -0.277. The lowest BCUT2D eigenvalue weighted by Gasteiger charge is -2.39. The van der Waals surface area contributed by atoms with Gasteiger partial charge in [-0.3, -0.25) is 0 Å². The van der Waals surface area contributed by atoms with E-state index in [1.54, 1.807) is 30.3 Å². The summed E-state index contributed by atoms with van der Waals surface area (Å²) in [6, 6.07) is 8.23. The van der Waals surface area contributed by atoms with Gasteiger partial charge in [0.1, 0.15) is 54.2 Å². The number of aliphatic hydroxyl groups excluding tert-OH is 7. The highest BCUT2D eigenvalue weighted by Gasteiger charge is 2.49. The first kappa shape index (κ1) is 32.9. The van der Waals surface area contributed by atoms with Gasteiger partial charge in [-0.15, -0.1) is 0 Å². The minimum Gasteiger partial charge on any atom is -0.493 e. The molecule has 8 N–H and O–H groups in total. The second kappa shape index (κ2) is 13.5. The summed E-state index contributed by atoms with van der Waals surface area (Å²) in [7, 11) is 2.74. The molecule has 3 aliphatic heterocycles. The molecule has 0 saturated carbocycles. The van der Waals surface area contributed by atoms with Crippen molar-refractivity contribution in [3.63, 3.8) is 0 Å². The molecule has 16 heteroatoms. The second-order valence-corrected chi connectivity index (χ2v) is 10.9. The maximum absolute atomic E-state index is 11.6. The fourth-order valence-corrected chi connectivity index (χ4v) is 5.55. The number of fused-ring (bicyclic) bond motifs is 1. The van der Waals surface area contributed by atoms with Crippen LogP contribution in [0.4, 0.5) is 0 Å². The van der Waals surface area contributed by atoms with Crippen LogP contribution in [0.25, 0.3) is 0 Å². The summed E-state index contributed by atoms with van der Waals surface area (Å²) in [6.07, 6.45) is -15.9. The third-order valence-electron chi connectivity index (χ3n) is 8.06. The van der Waals surface area contributed by atoms with Crippen LogP contribution in [-0.4, -0.2) is 136 Å². The molecular formula is C29H36O16. The van der Waals surface area contributed by atoms with Crippen molar-refractivity contribution in [1.29, 1.82) is 0 Å².